The Hall–Kier alpha value is -3.35. The fraction of sp³-hybridized carbons (Fsp3) is 0.400. The van der Waals surface area contributed by atoms with Crippen LogP contribution in [-0.4, -0.2) is 35.4 Å². The van der Waals surface area contributed by atoms with Crippen molar-refractivity contribution in [1.29, 1.82) is 0 Å². The first kappa shape index (κ1) is 21.9. The van der Waals surface area contributed by atoms with Crippen LogP contribution in [0, 0.1) is 5.92 Å². The molecule has 166 valence electrons. The van der Waals surface area contributed by atoms with E-state index in [2.05, 4.69) is 76.4 Å². The molecule has 0 atom stereocenters. The molecule has 0 fully saturated rings. The van der Waals surface area contributed by atoms with Gasteiger partial charge in [0.1, 0.15) is 5.82 Å². The van der Waals surface area contributed by atoms with E-state index in [-0.39, 0.29) is 0 Å². The molecule has 2 heterocycles. The standard InChI is InChI=1S/C25H31N7/c1-4-7-24-26-23(15-10-18(2)3)29-32(24)17-20-13-11-19(12-14-20)16-21-8-5-6-9-22(21)25-27-30-31-28-25/h5-6,8-9,11-14,18H,4,7,10,15-17H2,1-3H3,(H,27,28,30,31). The van der Waals surface area contributed by atoms with Crippen LogP contribution in [0.15, 0.2) is 48.5 Å². The molecule has 0 aliphatic carbocycles. The van der Waals surface area contributed by atoms with Gasteiger partial charge in [-0.3, -0.25) is 0 Å². The summed E-state index contributed by atoms with van der Waals surface area (Å²) in [6.07, 6.45) is 4.91. The second-order valence-corrected chi connectivity index (χ2v) is 8.67. The number of nitrogens with one attached hydrogen (secondary N) is 1. The summed E-state index contributed by atoms with van der Waals surface area (Å²) in [5.41, 5.74) is 4.66. The van der Waals surface area contributed by atoms with Crippen molar-refractivity contribution in [3.05, 3.63) is 76.9 Å². The minimum Gasteiger partial charge on any atom is -0.245 e. The van der Waals surface area contributed by atoms with Crippen LogP contribution in [-0.2, 0) is 25.8 Å². The number of rotatable bonds is 10. The molecule has 1 N–H and O–H groups in total. The first-order valence-electron chi connectivity index (χ1n) is 11.4. The summed E-state index contributed by atoms with van der Waals surface area (Å²) in [7, 11) is 0. The Labute approximate surface area is 189 Å². The molecule has 2 aromatic carbocycles. The lowest BCUT2D eigenvalue weighted by atomic mass is 9.98. The zero-order chi connectivity index (χ0) is 22.3. The highest BCUT2D eigenvalue weighted by Gasteiger charge is 2.12. The molecule has 0 aliphatic rings. The van der Waals surface area contributed by atoms with Crippen molar-refractivity contribution in [1.82, 2.24) is 35.4 Å². The molecule has 4 aromatic rings. The van der Waals surface area contributed by atoms with Gasteiger partial charge >= 0.3 is 0 Å². The Balaban J connectivity index is 1.47. The maximum Gasteiger partial charge on any atom is 0.204 e. The van der Waals surface area contributed by atoms with Crippen LogP contribution in [0.2, 0.25) is 0 Å². The van der Waals surface area contributed by atoms with Crippen molar-refractivity contribution >= 4 is 0 Å². The molecule has 32 heavy (non-hydrogen) atoms. The highest BCUT2D eigenvalue weighted by molar-refractivity contribution is 5.60. The molecule has 0 spiro atoms. The first-order valence-corrected chi connectivity index (χ1v) is 11.4. The molecular weight excluding hydrogens is 398 g/mol. The maximum atomic E-state index is 4.81. The van der Waals surface area contributed by atoms with Crippen LogP contribution < -0.4 is 0 Å². The Morgan fingerprint density at radius 1 is 0.969 bits per heavy atom. The van der Waals surface area contributed by atoms with E-state index in [0.29, 0.717) is 11.7 Å². The third kappa shape index (κ3) is 5.46. The molecule has 0 unspecified atom stereocenters. The topological polar surface area (TPSA) is 85.2 Å². The molecule has 0 saturated heterocycles. The van der Waals surface area contributed by atoms with Gasteiger partial charge in [0.25, 0.3) is 0 Å². The van der Waals surface area contributed by atoms with E-state index in [9.17, 15) is 0 Å². The second kappa shape index (κ2) is 10.3. The van der Waals surface area contributed by atoms with E-state index in [1.54, 1.807) is 0 Å². The number of aromatic amines is 1. The van der Waals surface area contributed by atoms with Gasteiger partial charge in [-0.15, -0.1) is 10.2 Å². The Morgan fingerprint density at radius 2 is 1.75 bits per heavy atom. The number of tetrazole rings is 1. The molecule has 0 radical (unpaired) electrons. The molecule has 7 heteroatoms. The van der Waals surface area contributed by atoms with Crippen LogP contribution in [0.1, 0.15) is 62.0 Å². The highest BCUT2D eigenvalue weighted by atomic mass is 15.5. The van der Waals surface area contributed by atoms with Crippen molar-refractivity contribution in [2.24, 2.45) is 5.92 Å². The van der Waals surface area contributed by atoms with Gasteiger partial charge in [0.05, 0.1) is 6.54 Å². The number of benzene rings is 2. The maximum absolute atomic E-state index is 4.81. The Kier molecular flexibility index (Phi) is 7.04. The summed E-state index contributed by atoms with van der Waals surface area (Å²) in [5, 5.41) is 19.3. The molecule has 2 aromatic heterocycles. The SMILES string of the molecule is CCCc1nc(CCC(C)C)nn1Cc1ccc(Cc2ccccc2-c2nn[nH]n2)cc1. The summed E-state index contributed by atoms with van der Waals surface area (Å²) in [6, 6.07) is 17.0. The minimum absolute atomic E-state index is 0.625. The Bertz CT molecular complexity index is 1110. The van der Waals surface area contributed by atoms with Gasteiger partial charge < -0.3 is 0 Å². The third-order valence-corrected chi connectivity index (χ3v) is 5.56. The van der Waals surface area contributed by atoms with E-state index in [4.69, 9.17) is 10.1 Å². The van der Waals surface area contributed by atoms with Crippen LogP contribution in [0.4, 0.5) is 0 Å². The smallest absolute Gasteiger partial charge is 0.204 e. The predicted molar refractivity (Wildman–Crippen MR) is 125 cm³/mol. The normalized spacial score (nSPS) is 11.4. The van der Waals surface area contributed by atoms with E-state index in [1.165, 1.54) is 16.7 Å². The molecule has 4 rings (SSSR count). The van der Waals surface area contributed by atoms with Gasteiger partial charge in [-0.2, -0.15) is 10.3 Å². The van der Waals surface area contributed by atoms with E-state index >= 15 is 0 Å². The second-order valence-electron chi connectivity index (χ2n) is 8.67. The van der Waals surface area contributed by atoms with Gasteiger partial charge in [-0.05, 0) is 47.1 Å². The van der Waals surface area contributed by atoms with Gasteiger partial charge in [-0.25, -0.2) is 9.67 Å². The van der Waals surface area contributed by atoms with Crippen molar-refractivity contribution < 1.29 is 0 Å². The van der Waals surface area contributed by atoms with E-state index in [0.717, 1.165) is 55.9 Å². The van der Waals surface area contributed by atoms with Crippen LogP contribution in [0.3, 0.4) is 0 Å². The van der Waals surface area contributed by atoms with Crippen LogP contribution in [0.25, 0.3) is 11.4 Å². The van der Waals surface area contributed by atoms with Gasteiger partial charge in [-0.1, -0.05) is 69.3 Å². The molecule has 7 nitrogen and oxygen atoms in total. The van der Waals surface area contributed by atoms with Crippen molar-refractivity contribution in [3.63, 3.8) is 0 Å². The average molecular weight is 430 g/mol. The minimum atomic E-state index is 0.625. The third-order valence-electron chi connectivity index (χ3n) is 5.56. The van der Waals surface area contributed by atoms with Gasteiger partial charge in [0.15, 0.2) is 5.82 Å². The lowest BCUT2D eigenvalue weighted by Gasteiger charge is -2.09. The highest BCUT2D eigenvalue weighted by Crippen LogP contribution is 2.22. The lowest BCUT2D eigenvalue weighted by molar-refractivity contribution is 0.567. The number of aromatic nitrogens is 7. The van der Waals surface area contributed by atoms with Gasteiger partial charge in [0, 0.05) is 18.4 Å². The predicted octanol–water partition coefficient (Wildman–Crippen LogP) is 4.64. The molecular formula is C25H31N7. The molecule has 0 amide bonds. The van der Waals surface area contributed by atoms with Gasteiger partial charge in [0.2, 0.25) is 5.82 Å². The number of aryl methyl sites for hydroxylation is 2. The summed E-state index contributed by atoms with van der Waals surface area (Å²) >= 11 is 0. The van der Waals surface area contributed by atoms with E-state index < -0.39 is 0 Å². The molecule has 0 bridgehead atoms. The Morgan fingerprint density at radius 3 is 2.47 bits per heavy atom. The number of nitrogens with zero attached hydrogens (tertiary/aromatic N) is 6. The molecule has 0 aliphatic heterocycles. The quantitative estimate of drug-likeness (QED) is 0.397. The zero-order valence-corrected chi connectivity index (χ0v) is 19.1. The van der Waals surface area contributed by atoms with Crippen molar-refractivity contribution in [3.8, 4) is 11.4 Å². The number of hydrogen-bond acceptors (Lipinski definition) is 5. The number of H-pyrrole nitrogens is 1. The summed E-state index contributed by atoms with van der Waals surface area (Å²) in [5.74, 6) is 3.34. The monoisotopic (exact) mass is 429 g/mol. The van der Waals surface area contributed by atoms with Crippen LogP contribution >= 0.6 is 0 Å². The summed E-state index contributed by atoms with van der Waals surface area (Å²) < 4.78 is 2.08. The largest absolute Gasteiger partial charge is 0.245 e. The first-order chi connectivity index (χ1) is 15.6. The zero-order valence-electron chi connectivity index (χ0n) is 19.1. The van der Waals surface area contributed by atoms with Crippen molar-refractivity contribution in [2.75, 3.05) is 0 Å². The van der Waals surface area contributed by atoms with Crippen molar-refractivity contribution in [2.45, 2.75) is 59.4 Å². The fourth-order valence-electron chi connectivity index (χ4n) is 3.81. The average Bonchev–Trinajstić information content (AvgIpc) is 3.45. The molecule has 0 saturated carbocycles. The summed E-state index contributed by atoms with van der Waals surface area (Å²) in [6.45, 7) is 7.43. The van der Waals surface area contributed by atoms with Crippen LogP contribution in [0.5, 0.6) is 0 Å². The number of hydrogen-bond donors (Lipinski definition) is 1. The lowest BCUT2D eigenvalue weighted by Crippen LogP contribution is -2.07. The fourth-order valence-corrected chi connectivity index (χ4v) is 3.81. The summed E-state index contributed by atoms with van der Waals surface area (Å²) in [4.78, 5) is 4.81. The van der Waals surface area contributed by atoms with E-state index in [1.807, 2.05) is 18.2 Å².